The number of carboxylic acids is 1. The van der Waals surface area contributed by atoms with E-state index in [4.69, 9.17) is 4.74 Å². The molecule has 0 bridgehead atoms. The van der Waals surface area contributed by atoms with E-state index < -0.39 is 17.9 Å². The van der Waals surface area contributed by atoms with Crippen LogP contribution in [0.5, 0.6) is 5.75 Å². The molecule has 1 fully saturated rings. The molecule has 1 unspecified atom stereocenters. The summed E-state index contributed by atoms with van der Waals surface area (Å²) in [7, 11) is 0. The van der Waals surface area contributed by atoms with Gasteiger partial charge in [-0.3, -0.25) is 14.4 Å². The lowest BCUT2D eigenvalue weighted by Gasteiger charge is -2.24. The van der Waals surface area contributed by atoms with Gasteiger partial charge in [0.1, 0.15) is 5.75 Å². The smallest absolute Gasteiger partial charge is 0.308 e. The van der Waals surface area contributed by atoms with Gasteiger partial charge >= 0.3 is 5.97 Å². The van der Waals surface area contributed by atoms with Gasteiger partial charge in [-0.15, -0.1) is 0 Å². The summed E-state index contributed by atoms with van der Waals surface area (Å²) in [6.45, 7) is 6.19. The van der Waals surface area contributed by atoms with Gasteiger partial charge in [0.05, 0.1) is 25.0 Å². The molecule has 26 heavy (non-hydrogen) atoms. The Morgan fingerprint density at radius 1 is 1.31 bits per heavy atom. The zero-order chi connectivity index (χ0) is 19.3. The number of carbonyl (C=O) groups excluding carboxylic acids is 2. The number of ether oxygens (including phenoxy) is 1. The van der Waals surface area contributed by atoms with E-state index in [-0.39, 0.29) is 30.7 Å². The summed E-state index contributed by atoms with van der Waals surface area (Å²) in [5, 5.41) is 12.1. The summed E-state index contributed by atoms with van der Waals surface area (Å²) >= 11 is 0. The molecule has 2 rings (SSSR count). The van der Waals surface area contributed by atoms with E-state index in [1.54, 1.807) is 11.0 Å². The Labute approximate surface area is 153 Å². The lowest BCUT2D eigenvalue weighted by atomic mass is 9.99. The maximum absolute atomic E-state index is 12.7. The molecule has 1 saturated heterocycles. The van der Waals surface area contributed by atoms with Crippen molar-refractivity contribution >= 4 is 17.8 Å². The van der Waals surface area contributed by atoms with E-state index >= 15 is 0 Å². The number of likely N-dealkylation sites (tertiary alicyclic amines) is 1. The summed E-state index contributed by atoms with van der Waals surface area (Å²) < 4.78 is 5.62. The summed E-state index contributed by atoms with van der Waals surface area (Å²) in [6, 6.07) is 6.76. The molecule has 3 atom stereocenters. The molecule has 0 aromatic heterocycles. The number of hydrogen-bond acceptors (Lipinski definition) is 4. The first kappa shape index (κ1) is 19.8. The van der Waals surface area contributed by atoms with Gasteiger partial charge in [0, 0.05) is 25.6 Å². The van der Waals surface area contributed by atoms with Crippen LogP contribution in [-0.2, 0) is 14.4 Å². The van der Waals surface area contributed by atoms with Crippen LogP contribution in [0.15, 0.2) is 24.3 Å². The van der Waals surface area contributed by atoms with Gasteiger partial charge < -0.3 is 20.1 Å². The van der Waals surface area contributed by atoms with Crippen LogP contribution in [0.3, 0.4) is 0 Å². The summed E-state index contributed by atoms with van der Waals surface area (Å²) in [4.78, 5) is 37.2. The Kier molecular flexibility index (Phi) is 6.60. The number of aliphatic carboxylic acids is 1. The molecule has 0 spiro atoms. The highest BCUT2D eigenvalue weighted by atomic mass is 16.5. The molecular weight excluding hydrogens is 336 g/mol. The normalized spacial score (nSPS) is 20.5. The maximum Gasteiger partial charge on any atom is 0.308 e. The van der Waals surface area contributed by atoms with E-state index in [0.29, 0.717) is 18.9 Å². The minimum atomic E-state index is -0.882. The molecule has 1 aliphatic rings. The largest absolute Gasteiger partial charge is 0.494 e. The molecule has 2 amide bonds. The van der Waals surface area contributed by atoms with E-state index in [1.165, 1.54) is 6.92 Å². The molecule has 142 valence electrons. The molecule has 1 aromatic carbocycles. The third-order valence-electron chi connectivity index (χ3n) is 4.63. The van der Waals surface area contributed by atoms with Crippen molar-refractivity contribution in [1.82, 2.24) is 10.2 Å². The van der Waals surface area contributed by atoms with E-state index in [0.717, 1.165) is 5.56 Å². The van der Waals surface area contributed by atoms with Crippen molar-refractivity contribution in [2.45, 2.75) is 33.2 Å². The fraction of sp³-hybridized carbons (Fsp3) is 0.526. The van der Waals surface area contributed by atoms with Gasteiger partial charge in [0.25, 0.3) is 0 Å². The zero-order valence-electron chi connectivity index (χ0n) is 15.4. The number of hydrogen-bond donors (Lipinski definition) is 2. The number of benzene rings is 1. The SMILES string of the molecule is CCOc1ccccc1C(CC(=O)N1C[C@@H](C)[C@H](C(=O)O)C1)NC(C)=O. The highest BCUT2D eigenvalue weighted by Crippen LogP contribution is 2.30. The lowest BCUT2D eigenvalue weighted by molar-refractivity contribution is -0.142. The molecule has 2 N–H and O–H groups in total. The standard InChI is InChI=1S/C19H26N2O5/c1-4-26-17-8-6-5-7-14(17)16(20-13(3)22)9-18(23)21-10-12(2)15(11-21)19(24)25/h5-8,12,15-16H,4,9-11H2,1-3H3,(H,20,22)(H,24,25)/t12-,15-,16?/m1/s1. The molecule has 0 aliphatic carbocycles. The van der Waals surface area contributed by atoms with Gasteiger partial charge in [0.15, 0.2) is 0 Å². The lowest BCUT2D eigenvalue weighted by Crippen LogP contribution is -2.35. The van der Waals surface area contributed by atoms with Crippen molar-refractivity contribution < 1.29 is 24.2 Å². The Morgan fingerprint density at radius 3 is 2.58 bits per heavy atom. The van der Waals surface area contributed by atoms with Crippen LogP contribution in [0, 0.1) is 11.8 Å². The van der Waals surface area contributed by atoms with Crippen LogP contribution in [-0.4, -0.2) is 47.5 Å². The molecule has 1 aromatic rings. The van der Waals surface area contributed by atoms with Crippen LogP contribution < -0.4 is 10.1 Å². The van der Waals surface area contributed by atoms with Crippen molar-refractivity contribution in [3.63, 3.8) is 0 Å². The third kappa shape index (κ3) is 4.74. The maximum atomic E-state index is 12.7. The van der Waals surface area contributed by atoms with Gasteiger partial charge in [-0.25, -0.2) is 0 Å². The predicted octanol–water partition coefficient (Wildman–Crippen LogP) is 1.83. The number of rotatable bonds is 7. The van der Waals surface area contributed by atoms with Crippen molar-refractivity contribution in [2.24, 2.45) is 11.8 Å². The Hall–Kier alpha value is -2.57. The quantitative estimate of drug-likeness (QED) is 0.771. The highest BCUT2D eigenvalue weighted by molar-refractivity contribution is 5.81. The Morgan fingerprint density at radius 2 is 2.00 bits per heavy atom. The molecule has 0 saturated carbocycles. The fourth-order valence-corrected chi connectivity index (χ4v) is 3.34. The summed E-state index contributed by atoms with van der Waals surface area (Å²) in [5.74, 6) is -1.31. The second kappa shape index (κ2) is 8.69. The number of amides is 2. The van der Waals surface area contributed by atoms with Crippen LogP contribution in [0.1, 0.15) is 38.8 Å². The van der Waals surface area contributed by atoms with Crippen molar-refractivity contribution in [2.75, 3.05) is 19.7 Å². The van der Waals surface area contributed by atoms with Crippen LogP contribution >= 0.6 is 0 Å². The second-order valence-electron chi connectivity index (χ2n) is 6.65. The van der Waals surface area contributed by atoms with Crippen molar-refractivity contribution in [3.8, 4) is 5.75 Å². The second-order valence-corrected chi connectivity index (χ2v) is 6.65. The first-order valence-corrected chi connectivity index (χ1v) is 8.82. The highest BCUT2D eigenvalue weighted by Gasteiger charge is 2.37. The van der Waals surface area contributed by atoms with Gasteiger partial charge in [-0.2, -0.15) is 0 Å². The first-order chi connectivity index (χ1) is 12.3. The third-order valence-corrected chi connectivity index (χ3v) is 4.63. The molecule has 7 heteroatoms. The summed E-state index contributed by atoms with van der Waals surface area (Å²) in [5.41, 5.74) is 0.736. The van der Waals surface area contributed by atoms with Crippen LogP contribution in [0.25, 0.3) is 0 Å². The number of carboxylic acid groups (broad SMARTS) is 1. The Bertz CT molecular complexity index is 676. The van der Waals surface area contributed by atoms with Crippen LogP contribution in [0.4, 0.5) is 0 Å². The van der Waals surface area contributed by atoms with Crippen LogP contribution in [0.2, 0.25) is 0 Å². The van der Waals surface area contributed by atoms with E-state index in [1.807, 2.05) is 32.0 Å². The van der Waals surface area contributed by atoms with Gasteiger partial charge in [0.2, 0.25) is 11.8 Å². The number of carbonyl (C=O) groups is 3. The first-order valence-electron chi connectivity index (χ1n) is 8.82. The Balaban J connectivity index is 2.17. The minimum Gasteiger partial charge on any atom is -0.494 e. The van der Waals surface area contributed by atoms with Crippen molar-refractivity contribution in [3.05, 3.63) is 29.8 Å². The number of para-hydroxylation sites is 1. The minimum absolute atomic E-state index is 0.0583. The van der Waals surface area contributed by atoms with Gasteiger partial charge in [-0.1, -0.05) is 25.1 Å². The van der Waals surface area contributed by atoms with E-state index in [2.05, 4.69) is 5.32 Å². The summed E-state index contributed by atoms with van der Waals surface area (Å²) in [6.07, 6.45) is 0.0583. The van der Waals surface area contributed by atoms with E-state index in [9.17, 15) is 19.5 Å². The number of nitrogens with one attached hydrogen (secondary N) is 1. The zero-order valence-corrected chi connectivity index (χ0v) is 15.4. The average Bonchev–Trinajstić information content (AvgIpc) is 2.97. The predicted molar refractivity (Wildman–Crippen MR) is 95.7 cm³/mol. The molecule has 0 radical (unpaired) electrons. The molecule has 1 aliphatic heterocycles. The monoisotopic (exact) mass is 362 g/mol. The van der Waals surface area contributed by atoms with Crippen molar-refractivity contribution in [1.29, 1.82) is 0 Å². The molecular formula is C19H26N2O5. The van der Waals surface area contributed by atoms with Gasteiger partial charge in [-0.05, 0) is 18.9 Å². The average molecular weight is 362 g/mol. The number of nitrogens with zero attached hydrogens (tertiary/aromatic N) is 1. The fourth-order valence-electron chi connectivity index (χ4n) is 3.34. The molecule has 1 heterocycles. The topological polar surface area (TPSA) is 95.9 Å². The molecule has 7 nitrogen and oxygen atoms in total.